The number of unbranched alkanes of at least 4 members (excludes halogenated alkanes) is 1. The lowest BCUT2D eigenvalue weighted by Crippen LogP contribution is -2.60. The van der Waals surface area contributed by atoms with Gasteiger partial charge in [-0.1, -0.05) is 213 Å². The molecule has 0 aromatic heterocycles. The number of rotatable bonds is 20. The molecule has 8 aromatic carbocycles. The molecule has 2 atom stereocenters. The van der Waals surface area contributed by atoms with Gasteiger partial charge in [-0.25, -0.2) is 0 Å². The van der Waals surface area contributed by atoms with E-state index in [9.17, 15) is 5.11 Å². The Morgan fingerprint density at radius 1 is 0.549 bits per heavy atom. The third kappa shape index (κ3) is 10.00. The van der Waals surface area contributed by atoms with Gasteiger partial charge in [0.25, 0.3) is 0 Å². The van der Waals surface area contributed by atoms with Crippen molar-refractivity contribution in [1.82, 2.24) is 0 Å². The Labute approximate surface area is 424 Å². The van der Waals surface area contributed by atoms with Crippen LogP contribution < -0.4 is 14.2 Å². The standard InChI is InChI=1S/C67H72O4/c1-10-12-28-52-42-43-60(62(47(5)6)63(52)51-29-17-13-18-30-51)69-45-66(57-37-26-25-27-49(57)9,67(48(7)8,54-31-19-14-20-32-54)71-56-35-23-16-24-36-56)58-44-59(68)61(46(3)4)64(53-40-38-50(11-2)39-41-53)65(58)70-55-33-21-15-22-34-55/h13-27,29-44,46-48,68H,10-12,28,45H2,1-9H3. The van der Waals surface area contributed by atoms with Crippen molar-refractivity contribution < 1.29 is 19.3 Å². The van der Waals surface area contributed by atoms with Gasteiger partial charge in [-0.2, -0.15) is 0 Å². The highest BCUT2D eigenvalue weighted by Gasteiger charge is 2.62. The largest absolute Gasteiger partial charge is 0.508 e. The molecular formula is C67H72O4. The summed E-state index contributed by atoms with van der Waals surface area (Å²) < 4.78 is 23.4. The molecule has 0 saturated heterocycles. The fourth-order valence-corrected chi connectivity index (χ4v) is 11.1. The molecular weight excluding hydrogens is 869 g/mol. The number of phenols is 1. The van der Waals surface area contributed by atoms with Crippen molar-refractivity contribution in [2.75, 3.05) is 6.61 Å². The van der Waals surface area contributed by atoms with Crippen LogP contribution in [0.5, 0.6) is 28.7 Å². The summed E-state index contributed by atoms with van der Waals surface area (Å²) in [6, 6.07) is 65.5. The third-order valence-electron chi connectivity index (χ3n) is 14.4. The summed E-state index contributed by atoms with van der Waals surface area (Å²) in [5.74, 6) is 2.83. The molecule has 71 heavy (non-hydrogen) atoms. The molecule has 2 unspecified atom stereocenters. The predicted molar refractivity (Wildman–Crippen MR) is 296 cm³/mol. The van der Waals surface area contributed by atoms with E-state index in [1.165, 1.54) is 22.3 Å². The molecule has 1 N–H and O–H groups in total. The minimum Gasteiger partial charge on any atom is -0.508 e. The van der Waals surface area contributed by atoms with Crippen molar-refractivity contribution in [2.45, 2.75) is 111 Å². The highest BCUT2D eigenvalue weighted by molar-refractivity contribution is 5.82. The van der Waals surface area contributed by atoms with Gasteiger partial charge in [0.2, 0.25) is 0 Å². The first kappa shape index (κ1) is 50.4. The van der Waals surface area contributed by atoms with Crippen molar-refractivity contribution >= 4 is 0 Å². The maximum Gasteiger partial charge on any atom is 0.153 e. The second-order valence-electron chi connectivity index (χ2n) is 20.0. The van der Waals surface area contributed by atoms with Crippen LogP contribution in [0.1, 0.15) is 125 Å². The Morgan fingerprint density at radius 3 is 1.69 bits per heavy atom. The molecule has 364 valence electrons. The minimum atomic E-state index is -1.28. The van der Waals surface area contributed by atoms with E-state index >= 15 is 0 Å². The van der Waals surface area contributed by atoms with E-state index in [-0.39, 0.29) is 30.1 Å². The van der Waals surface area contributed by atoms with E-state index in [1.54, 1.807) is 0 Å². The average molecular weight is 941 g/mol. The Hall–Kier alpha value is -7.04. The molecule has 0 aliphatic rings. The van der Waals surface area contributed by atoms with Crippen LogP contribution >= 0.6 is 0 Å². The molecule has 4 heteroatoms. The van der Waals surface area contributed by atoms with E-state index in [4.69, 9.17) is 14.2 Å². The molecule has 0 spiro atoms. The van der Waals surface area contributed by atoms with E-state index in [0.29, 0.717) is 17.2 Å². The zero-order valence-corrected chi connectivity index (χ0v) is 43.3. The quantitative estimate of drug-likeness (QED) is 0.0827. The first-order valence-corrected chi connectivity index (χ1v) is 25.9. The van der Waals surface area contributed by atoms with Gasteiger partial charge in [0.1, 0.15) is 40.8 Å². The number of para-hydroxylation sites is 2. The summed E-state index contributed by atoms with van der Waals surface area (Å²) in [5.41, 5.74) is 9.93. The summed E-state index contributed by atoms with van der Waals surface area (Å²) >= 11 is 0. The summed E-state index contributed by atoms with van der Waals surface area (Å²) in [6.07, 6.45) is 4.05. The fraction of sp³-hybridized carbons (Fsp3) is 0.284. The Balaban J connectivity index is 1.59. The lowest BCUT2D eigenvalue weighted by atomic mass is 9.55. The second-order valence-corrected chi connectivity index (χ2v) is 20.0. The van der Waals surface area contributed by atoms with Gasteiger partial charge >= 0.3 is 0 Å². The Kier molecular flexibility index (Phi) is 15.9. The van der Waals surface area contributed by atoms with Gasteiger partial charge in [-0.3, -0.25) is 0 Å². The van der Waals surface area contributed by atoms with Crippen LogP contribution in [0.2, 0.25) is 0 Å². The van der Waals surface area contributed by atoms with Gasteiger partial charge in [-0.05, 0) is 125 Å². The first-order valence-electron chi connectivity index (χ1n) is 25.9. The SMILES string of the molecule is CCCCc1ccc(OCC(c2ccccc2C)(c2cc(O)c(C(C)C)c(-c3ccc(CC)cc3)c2Oc2ccccc2)C(Oc2ccccc2)(c2ccccc2)C(C)C)c(C(C)C)c1-c1ccccc1. The summed E-state index contributed by atoms with van der Waals surface area (Å²) in [5, 5.41) is 13.1. The van der Waals surface area contributed by atoms with Crippen LogP contribution in [-0.4, -0.2) is 11.7 Å². The van der Waals surface area contributed by atoms with Crippen molar-refractivity contribution in [1.29, 1.82) is 0 Å². The van der Waals surface area contributed by atoms with Gasteiger partial charge in [-0.15, -0.1) is 0 Å². The van der Waals surface area contributed by atoms with E-state index < -0.39 is 11.0 Å². The number of benzene rings is 8. The van der Waals surface area contributed by atoms with Crippen LogP contribution in [0.4, 0.5) is 0 Å². The van der Waals surface area contributed by atoms with Gasteiger partial charge < -0.3 is 19.3 Å². The van der Waals surface area contributed by atoms with Crippen LogP contribution in [0.3, 0.4) is 0 Å². The normalized spacial score (nSPS) is 13.2. The van der Waals surface area contributed by atoms with Crippen molar-refractivity contribution in [2.24, 2.45) is 5.92 Å². The molecule has 0 radical (unpaired) electrons. The fourth-order valence-electron chi connectivity index (χ4n) is 11.1. The van der Waals surface area contributed by atoms with Crippen LogP contribution in [0, 0.1) is 12.8 Å². The van der Waals surface area contributed by atoms with Crippen LogP contribution in [-0.2, 0) is 23.9 Å². The molecule has 0 aliphatic heterocycles. The van der Waals surface area contributed by atoms with Crippen molar-refractivity contribution in [3.63, 3.8) is 0 Å². The van der Waals surface area contributed by atoms with Crippen molar-refractivity contribution in [3.05, 3.63) is 233 Å². The molecule has 8 aromatic rings. The molecule has 8 rings (SSSR count). The highest BCUT2D eigenvalue weighted by Crippen LogP contribution is 2.60. The molecule has 0 saturated carbocycles. The lowest BCUT2D eigenvalue weighted by Gasteiger charge is -2.54. The number of phenolic OH excluding ortho intramolecular Hbond substituents is 1. The zero-order valence-electron chi connectivity index (χ0n) is 43.3. The zero-order chi connectivity index (χ0) is 50.1. The molecule has 0 fully saturated rings. The van der Waals surface area contributed by atoms with E-state index in [2.05, 4.69) is 184 Å². The highest BCUT2D eigenvalue weighted by atomic mass is 16.5. The average Bonchev–Trinajstić information content (AvgIpc) is 3.39. The summed E-state index contributed by atoms with van der Waals surface area (Å²) in [4.78, 5) is 0. The van der Waals surface area contributed by atoms with Crippen LogP contribution in [0.15, 0.2) is 188 Å². The number of aromatic hydroxyl groups is 1. The maximum absolute atomic E-state index is 13.1. The first-order chi connectivity index (χ1) is 34.4. The minimum absolute atomic E-state index is 0.0760. The number of hydrogen-bond acceptors (Lipinski definition) is 4. The van der Waals surface area contributed by atoms with Crippen LogP contribution in [0.25, 0.3) is 22.3 Å². The van der Waals surface area contributed by atoms with Gasteiger partial charge in [0.05, 0.1) is 0 Å². The molecule has 0 amide bonds. The second kappa shape index (κ2) is 22.4. The summed E-state index contributed by atoms with van der Waals surface area (Å²) in [7, 11) is 0. The molecule has 4 nitrogen and oxygen atoms in total. The maximum atomic E-state index is 13.1. The van der Waals surface area contributed by atoms with Crippen molar-refractivity contribution in [3.8, 4) is 51.0 Å². The Bertz CT molecular complexity index is 2980. The Morgan fingerprint density at radius 2 is 1.11 bits per heavy atom. The lowest BCUT2D eigenvalue weighted by molar-refractivity contribution is -0.0618. The van der Waals surface area contributed by atoms with E-state index in [0.717, 1.165) is 75.9 Å². The third-order valence-corrected chi connectivity index (χ3v) is 14.4. The number of ether oxygens (including phenoxy) is 3. The van der Waals surface area contributed by atoms with E-state index in [1.807, 2.05) is 66.7 Å². The number of hydrogen-bond donors (Lipinski definition) is 1. The topological polar surface area (TPSA) is 47.9 Å². The molecule has 0 heterocycles. The monoisotopic (exact) mass is 941 g/mol. The van der Waals surface area contributed by atoms with Gasteiger partial charge in [0.15, 0.2) is 5.60 Å². The summed E-state index contributed by atoms with van der Waals surface area (Å²) in [6.45, 7) is 20.1. The van der Waals surface area contributed by atoms with Gasteiger partial charge in [0, 0.05) is 22.3 Å². The smallest absolute Gasteiger partial charge is 0.153 e. The molecule has 0 bridgehead atoms. The number of aryl methyl sites for hydroxylation is 3. The predicted octanol–water partition coefficient (Wildman–Crippen LogP) is 18.0. The molecule has 0 aliphatic carbocycles.